The molecule has 0 fully saturated rings. The Morgan fingerprint density at radius 2 is 1.12 bits per heavy atom. The molecule has 4 aromatic rings. The van der Waals surface area contributed by atoms with Crippen LogP contribution in [0.2, 0.25) is 0 Å². The molecule has 1 heterocycles. The molecule has 6 atom stereocenters. The van der Waals surface area contributed by atoms with Crippen molar-refractivity contribution >= 4 is 64.2 Å². The zero-order valence-corrected chi connectivity index (χ0v) is 36.9. The maximum Gasteiger partial charge on any atom is 0.326 e. The minimum atomic E-state index is -1.75. The van der Waals surface area contributed by atoms with Gasteiger partial charge in [0.15, 0.2) is 0 Å². The monoisotopic (exact) mass is 912 g/mol. The third kappa shape index (κ3) is 16.1. The van der Waals surface area contributed by atoms with Crippen molar-refractivity contribution in [1.29, 1.82) is 0 Å². The summed E-state index contributed by atoms with van der Waals surface area (Å²) in [4.78, 5) is 120. The number of phenols is 1. The lowest BCUT2D eigenvalue weighted by molar-refractivity contribution is -0.143. The maximum absolute atomic E-state index is 14.2. The molecule has 0 unspecified atom stereocenters. The van der Waals surface area contributed by atoms with Gasteiger partial charge in [0.2, 0.25) is 41.4 Å². The van der Waals surface area contributed by atoms with E-state index in [-0.39, 0.29) is 37.4 Å². The van der Waals surface area contributed by atoms with Crippen molar-refractivity contribution in [1.82, 2.24) is 42.2 Å². The smallest absolute Gasteiger partial charge is 0.326 e. The van der Waals surface area contributed by atoms with E-state index >= 15 is 0 Å². The number of carboxylic acids is 2. The molecule has 3 aromatic carbocycles. The number of carbonyl (C=O) groups is 9. The van der Waals surface area contributed by atoms with E-state index in [9.17, 15) is 58.5 Å². The van der Waals surface area contributed by atoms with E-state index < -0.39 is 103 Å². The van der Waals surface area contributed by atoms with Gasteiger partial charge in [0.1, 0.15) is 42.0 Å². The van der Waals surface area contributed by atoms with E-state index in [2.05, 4.69) is 42.2 Å². The van der Waals surface area contributed by atoms with E-state index in [1.807, 2.05) is 0 Å². The first kappa shape index (κ1) is 50.9. The first-order valence-electron chi connectivity index (χ1n) is 21.2. The van der Waals surface area contributed by atoms with Gasteiger partial charge in [-0.2, -0.15) is 0 Å². The van der Waals surface area contributed by atoms with Gasteiger partial charge in [-0.25, -0.2) is 4.79 Å². The normalized spacial score (nSPS) is 13.7. The van der Waals surface area contributed by atoms with Crippen LogP contribution >= 0.6 is 0 Å². The lowest BCUT2D eigenvalue weighted by atomic mass is 10.00. The number of phenolic OH excluding ortho intramolecular Hbond substituents is 1. The first-order valence-corrected chi connectivity index (χ1v) is 21.2. The number of nitrogens with one attached hydrogen (secondary N) is 8. The number of aromatic nitrogens is 1. The number of para-hydroxylation sites is 1. The van der Waals surface area contributed by atoms with Gasteiger partial charge in [-0.15, -0.1) is 0 Å². The average molecular weight is 913 g/mol. The van der Waals surface area contributed by atoms with Crippen molar-refractivity contribution in [3.8, 4) is 5.75 Å². The lowest BCUT2D eigenvalue weighted by Crippen LogP contribution is -2.59. The van der Waals surface area contributed by atoms with Crippen molar-refractivity contribution in [3.63, 3.8) is 0 Å². The lowest BCUT2D eigenvalue weighted by Gasteiger charge is -2.26. The molecule has 0 aliphatic carbocycles. The van der Waals surface area contributed by atoms with E-state index in [0.29, 0.717) is 16.7 Å². The summed E-state index contributed by atoms with van der Waals surface area (Å²) < 4.78 is 0. The molecule has 20 heteroatoms. The highest BCUT2D eigenvalue weighted by atomic mass is 16.4. The third-order valence-corrected chi connectivity index (χ3v) is 10.2. The second-order valence-electron chi connectivity index (χ2n) is 16.2. The molecule has 352 valence electrons. The number of carboxylic acid groups (broad SMARTS) is 2. The number of hydrogen-bond donors (Lipinski definition) is 11. The van der Waals surface area contributed by atoms with Crippen molar-refractivity contribution in [3.05, 3.63) is 102 Å². The highest BCUT2D eigenvalue weighted by Crippen LogP contribution is 2.20. The SMILES string of the molecule is CC(=O)N[C@@H](C)C(=O)N[C@@H](Cc1ccc(O)cc1)C(=O)NCC(=O)N[C@@H](Cc1c[nH]c2ccccc12)C(=O)N[C@@H](CC(C)C)C(=O)N[C@@H](CC(=O)O)C(=O)N[C@@H](Cc1ccccc1)C(=O)O. The highest BCUT2D eigenvalue weighted by molar-refractivity contribution is 5.98. The van der Waals surface area contributed by atoms with Crippen molar-refractivity contribution in [2.45, 2.75) is 96.1 Å². The second-order valence-corrected chi connectivity index (χ2v) is 16.2. The fraction of sp³-hybridized carbons (Fsp3) is 0.370. The van der Waals surface area contributed by atoms with Crippen LogP contribution in [-0.2, 0) is 62.4 Å². The van der Waals surface area contributed by atoms with Gasteiger partial charge in [0, 0.05) is 43.3 Å². The summed E-state index contributed by atoms with van der Waals surface area (Å²) >= 11 is 0. The van der Waals surface area contributed by atoms with E-state index in [4.69, 9.17) is 0 Å². The van der Waals surface area contributed by atoms with Crippen LogP contribution < -0.4 is 37.2 Å². The van der Waals surface area contributed by atoms with Crippen molar-refractivity contribution in [2.24, 2.45) is 5.92 Å². The molecule has 66 heavy (non-hydrogen) atoms. The van der Waals surface area contributed by atoms with E-state index in [1.54, 1.807) is 74.6 Å². The summed E-state index contributed by atoms with van der Waals surface area (Å²) in [6.07, 6.45) is 0.395. The first-order chi connectivity index (χ1) is 31.3. The molecular formula is C46H56N8O12. The van der Waals surface area contributed by atoms with Crippen molar-refractivity contribution < 1.29 is 58.5 Å². The highest BCUT2D eigenvalue weighted by Gasteiger charge is 2.34. The van der Waals surface area contributed by atoms with Crippen LogP contribution in [0.4, 0.5) is 0 Å². The van der Waals surface area contributed by atoms with Crippen LogP contribution in [0.3, 0.4) is 0 Å². The van der Waals surface area contributed by atoms with Gasteiger partial charge in [0.05, 0.1) is 13.0 Å². The van der Waals surface area contributed by atoms with E-state index in [0.717, 1.165) is 10.9 Å². The topological polar surface area (TPSA) is 314 Å². The number of aromatic hydroxyl groups is 1. The average Bonchev–Trinajstić information content (AvgIpc) is 3.67. The molecule has 0 aliphatic heterocycles. The zero-order valence-electron chi connectivity index (χ0n) is 36.9. The van der Waals surface area contributed by atoms with Gasteiger partial charge >= 0.3 is 11.9 Å². The number of fused-ring (bicyclic) bond motifs is 1. The standard InChI is InChI=1S/C46H56N8O12/c1-25(2)18-34(43(62)53-37(22-40(58)59)45(64)54-38(46(65)66)20-28-10-6-5-7-11-28)52-44(63)36(21-30-23-47-33-13-9-8-12-32(30)33)50-39(57)24-48-42(61)35(19-29-14-16-31(56)17-15-29)51-41(60)26(3)49-27(4)55/h5-17,23,25-26,34-38,47,56H,18-22,24H2,1-4H3,(H,48,61)(H,49,55)(H,50,57)(H,51,60)(H,52,63)(H,53,62)(H,54,64)(H,58,59)(H,65,66)/t26-,34-,35-,36-,37-,38-/m0/s1. The molecule has 11 N–H and O–H groups in total. The zero-order chi connectivity index (χ0) is 48.5. The summed E-state index contributed by atoms with van der Waals surface area (Å²) in [5.74, 6) is -8.82. The fourth-order valence-electron chi connectivity index (χ4n) is 6.96. The van der Waals surface area contributed by atoms with Crippen molar-refractivity contribution in [2.75, 3.05) is 6.54 Å². The molecule has 20 nitrogen and oxygen atoms in total. The minimum absolute atomic E-state index is 0.0107. The number of aromatic amines is 1. The molecule has 0 aliphatic rings. The molecule has 7 amide bonds. The van der Waals surface area contributed by atoms with Gasteiger partial charge in [0.25, 0.3) is 0 Å². The molecule has 0 spiro atoms. The Bertz CT molecular complexity index is 2370. The number of aliphatic carboxylic acids is 2. The Kier molecular flexibility index (Phi) is 18.8. The Labute approximate surface area is 380 Å². The number of rotatable bonds is 24. The summed E-state index contributed by atoms with van der Waals surface area (Å²) in [5, 5.41) is 47.4. The summed E-state index contributed by atoms with van der Waals surface area (Å²) in [6.45, 7) is 5.47. The molecule has 4 rings (SSSR count). The summed E-state index contributed by atoms with van der Waals surface area (Å²) in [7, 11) is 0. The van der Waals surface area contributed by atoms with Crippen LogP contribution in [0.25, 0.3) is 10.9 Å². The Balaban J connectivity index is 1.54. The van der Waals surface area contributed by atoms with Gasteiger partial charge < -0.3 is 57.5 Å². The van der Waals surface area contributed by atoms with Crippen LogP contribution in [0.15, 0.2) is 85.1 Å². The minimum Gasteiger partial charge on any atom is -0.508 e. The quantitative estimate of drug-likeness (QED) is 0.0460. The summed E-state index contributed by atoms with van der Waals surface area (Å²) in [6, 6.07) is 13.2. The molecule has 0 saturated carbocycles. The van der Waals surface area contributed by atoms with E-state index in [1.165, 1.54) is 38.1 Å². The van der Waals surface area contributed by atoms with Crippen LogP contribution in [0.1, 0.15) is 57.2 Å². The Morgan fingerprint density at radius 1 is 0.576 bits per heavy atom. The van der Waals surface area contributed by atoms with Gasteiger partial charge in [-0.3, -0.25) is 38.4 Å². The number of benzene rings is 3. The largest absolute Gasteiger partial charge is 0.508 e. The van der Waals surface area contributed by atoms with Crippen LogP contribution in [-0.4, -0.2) is 116 Å². The molecule has 1 aromatic heterocycles. The van der Waals surface area contributed by atoms with Crippen LogP contribution in [0.5, 0.6) is 5.75 Å². The molecule has 0 bridgehead atoms. The van der Waals surface area contributed by atoms with Gasteiger partial charge in [-0.1, -0.05) is 74.5 Å². The molecular weight excluding hydrogens is 857 g/mol. The fourth-order valence-corrected chi connectivity index (χ4v) is 6.96. The van der Waals surface area contributed by atoms with Crippen LogP contribution in [0, 0.1) is 5.92 Å². The number of hydrogen-bond acceptors (Lipinski definition) is 10. The van der Waals surface area contributed by atoms with Gasteiger partial charge in [-0.05, 0) is 54.2 Å². The molecule has 0 radical (unpaired) electrons. The Hall–Kier alpha value is -7.77. The number of amides is 7. The predicted octanol–water partition coefficient (Wildman–Crippen LogP) is 0.572. The maximum atomic E-state index is 14.2. The Morgan fingerprint density at radius 3 is 1.76 bits per heavy atom. The number of H-pyrrole nitrogens is 1. The predicted molar refractivity (Wildman–Crippen MR) is 239 cm³/mol. The number of carbonyl (C=O) groups excluding carboxylic acids is 7. The third-order valence-electron chi connectivity index (χ3n) is 10.2. The second kappa shape index (κ2) is 24.3. The summed E-state index contributed by atoms with van der Waals surface area (Å²) in [5.41, 5.74) is 2.46. The molecule has 0 saturated heterocycles.